The third-order valence-corrected chi connectivity index (χ3v) is 3.99. The molecule has 0 amide bonds. The summed E-state index contributed by atoms with van der Waals surface area (Å²) in [5, 5.41) is 3.30. The zero-order chi connectivity index (χ0) is 13.0. The van der Waals surface area contributed by atoms with E-state index in [1.807, 2.05) is 31.2 Å². The number of ether oxygens (including phenoxy) is 1. The van der Waals surface area contributed by atoms with E-state index in [1.165, 1.54) is 0 Å². The molecule has 98 valence electrons. The Hall–Kier alpha value is -0.870. The van der Waals surface area contributed by atoms with Crippen LogP contribution < -0.4 is 5.32 Å². The van der Waals surface area contributed by atoms with Crippen LogP contribution >= 0.6 is 15.9 Å². The number of carbonyl (C=O) groups is 1. The first-order chi connectivity index (χ1) is 8.69. The fraction of sp³-hybridized carbons (Fsp3) is 0.500. The molecule has 1 heterocycles. The predicted molar refractivity (Wildman–Crippen MR) is 74.6 cm³/mol. The number of piperidine rings is 1. The SMILES string of the molecule is CCOC(=O)C1(c2cccc(Br)c2)CCNCC1. The molecular formula is C14H18BrNO2. The summed E-state index contributed by atoms with van der Waals surface area (Å²) in [6, 6.07) is 8.00. The Morgan fingerprint density at radius 1 is 1.44 bits per heavy atom. The molecule has 0 radical (unpaired) electrons. The number of hydrogen-bond donors (Lipinski definition) is 1. The van der Waals surface area contributed by atoms with Gasteiger partial charge in [-0.3, -0.25) is 4.79 Å². The van der Waals surface area contributed by atoms with Crippen LogP contribution in [0.5, 0.6) is 0 Å². The van der Waals surface area contributed by atoms with Crippen molar-refractivity contribution in [2.75, 3.05) is 19.7 Å². The Morgan fingerprint density at radius 3 is 2.78 bits per heavy atom. The van der Waals surface area contributed by atoms with Crippen LogP contribution in [0.3, 0.4) is 0 Å². The molecular weight excluding hydrogens is 294 g/mol. The van der Waals surface area contributed by atoms with Gasteiger partial charge in [0, 0.05) is 4.47 Å². The Kier molecular flexibility index (Phi) is 4.40. The molecule has 1 aliphatic rings. The summed E-state index contributed by atoms with van der Waals surface area (Å²) in [6.45, 7) is 3.99. The van der Waals surface area contributed by atoms with Crippen molar-refractivity contribution in [3.63, 3.8) is 0 Å². The number of hydrogen-bond acceptors (Lipinski definition) is 3. The average molecular weight is 312 g/mol. The molecule has 0 unspecified atom stereocenters. The van der Waals surface area contributed by atoms with Crippen molar-refractivity contribution >= 4 is 21.9 Å². The third kappa shape index (κ3) is 2.59. The summed E-state index contributed by atoms with van der Waals surface area (Å²) in [4.78, 5) is 12.4. The van der Waals surface area contributed by atoms with E-state index in [4.69, 9.17) is 4.74 Å². The minimum atomic E-state index is -0.481. The van der Waals surface area contributed by atoms with E-state index in [0.29, 0.717) is 6.61 Å². The van der Waals surface area contributed by atoms with Gasteiger partial charge in [0.05, 0.1) is 12.0 Å². The summed E-state index contributed by atoms with van der Waals surface area (Å²) in [5.74, 6) is -0.0930. The lowest BCUT2D eigenvalue weighted by atomic mass is 9.73. The monoisotopic (exact) mass is 311 g/mol. The maximum atomic E-state index is 12.4. The average Bonchev–Trinajstić information content (AvgIpc) is 2.40. The van der Waals surface area contributed by atoms with E-state index < -0.39 is 5.41 Å². The number of benzene rings is 1. The lowest BCUT2D eigenvalue weighted by Crippen LogP contribution is -2.46. The molecule has 18 heavy (non-hydrogen) atoms. The van der Waals surface area contributed by atoms with Crippen LogP contribution in [0, 0.1) is 0 Å². The highest BCUT2D eigenvalue weighted by Gasteiger charge is 2.42. The number of esters is 1. The van der Waals surface area contributed by atoms with E-state index >= 15 is 0 Å². The summed E-state index contributed by atoms with van der Waals surface area (Å²) in [6.07, 6.45) is 1.59. The van der Waals surface area contributed by atoms with Crippen molar-refractivity contribution in [2.45, 2.75) is 25.2 Å². The molecule has 4 heteroatoms. The van der Waals surface area contributed by atoms with E-state index in [2.05, 4.69) is 21.2 Å². The molecule has 0 atom stereocenters. The first kappa shape index (κ1) is 13.6. The number of nitrogens with one attached hydrogen (secondary N) is 1. The zero-order valence-corrected chi connectivity index (χ0v) is 12.1. The molecule has 0 spiro atoms. The van der Waals surface area contributed by atoms with E-state index in [1.54, 1.807) is 0 Å². The molecule has 1 aromatic rings. The quantitative estimate of drug-likeness (QED) is 0.872. The lowest BCUT2D eigenvalue weighted by molar-refractivity contribution is -0.151. The van der Waals surface area contributed by atoms with Gasteiger partial charge in [-0.2, -0.15) is 0 Å². The van der Waals surface area contributed by atoms with Crippen molar-refractivity contribution in [3.8, 4) is 0 Å². The van der Waals surface area contributed by atoms with Crippen LogP contribution in [0.15, 0.2) is 28.7 Å². The second kappa shape index (κ2) is 5.85. The fourth-order valence-electron chi connectivity index (χ4n) is 2.52. The Bertz CT molecular complexity index is 428. The Morgan fingerprint density at radius 2 is 2.17 bits per heavy atom. The highest BCUT2D eigenvalue weighted by Crippen LogP contribution is 2.36. The van der Waals surface area contributed by atoms with Gasteiger partial charge < -0.3 is 10.1 Å². The van der Waals surface area contributed by atoms with Crippen LogP contribution in [0.1, 0.15) is 25.3 Å². The molecule has 0 aromatic heterocycles. The van der Waals surface area contributed by atoms with Crippen molar-refractivity contribution < 1.29 is 9.53 Å². The largest absolute Gasteiger partial charge is 0.465 e. The van der Waals surface area contributed by atoms with Gasteiger partial charge in [0.1, 0.15) is 0 Å². The molecule has 0 bridgehead atoms. The number of carbonyl (C=O) groups excluding carboxylic acids is 1. The maximum absolute atomic E-state index is 12.4. The molecule has 1 N–H and O–H groups in total. The summed E-state index contributed by atoms with van der Waals surface area (Å²) in [5.41, 5.74) is 0.572. The molecule has 1 aliphatic heterocycles. The van der Waals surface area contributed by atoms with Crippen LogP contribution in [0.2, 0.25) is 0 Å². The standard InChI is InChI=1S/C14H18BrNO2/c1-2-18-13(17)14(6-8-16-9-7-14)11-4-3-5-12(15)10-11/h3-5,10,16H,2,6-9H2,1H3. The van der Waals surface area contributed by atoms with Crippen molar-refractivity contribution in [2.24, 2.45) is 0 Å². The maximum Gasteiger partial charge on any atom is 0.316 e. The predicted octanol–water partition coefficient (Wildman–Crippen LogP) is 2.63. The van der Waals surface area contributed by atoms with Crippen molar-refractivity contribution in [1.29, 1.82) is 0 Å². The van der Waals surface area contributed by atoms with Gasteiger partial charge in [0.25, 0.3) is 0 Å². The van der Waals surface area contributed by atoms with Crippen LogP contribution in [-0.4, -0.2) is 25.7 Å². The molecule has 0 saturated carbocycles. The molecule has 2 rings (SSSR count). The molecule has 0 aliphatic carbocycles. The second-order valence-electron chi connectivity index (χ2n) is 4.56. The van der Waals surface area contributed by atoms with E-state index in [-0.39, 0.29) is 5.97 Å². The van der Waals surface area contributed by atoms with Crippen molar-refractivity contribution in [3.05, 3.63) is 34.3 Å². The molecule has 1 saturated heterocycles. The minimum Gasteiger partial charge on any atom is -0.465 e. The minimum absolute atomic E-state index is 0.0930. The highest BCUT2D eigenvalue weighted by molar-refractivity contribution is 9.10. The normalized spacial score (nSPS) is 18.3. The van der Waals surface area contributed by atoms with Crippen molar-refractivity contribution in [1.82, 2.24) is 5.32 Å². The molecule has 3 nitrogen and oxygen atoms in total. The summed E-state index contributed by atoms with van der Waals surface area (Å²) < 4.78 is 6.30. The third-order valence-electron chi connectivity index (χ3n) is 3.50. The highest BCUT2D eigenvalue weighted by atomic mass is 79.9. The molecule has 1 fully saturated rings. The van der Waals surface area contributed by atoms with E-state index in [0.717, 1.165) is 36.0 Å². The van der Waals surface area contributed by atoms with Crippen LogP contribution in [-0.2, 0) is 14.9 Å². The Labute approximate surface area is 116 Å². The van der Waals surface area contributed by atoms with Gasteiger partial charge in [-0.1, -0.05) is 28.1 Å². The van der Waals surface area contributed by atoms with Crippen LogP contribution in [0.4, 0.5) is 0 Å². The van der Waals surface area contributed by atoms with Gasteiger partial charge in [-0.25, -0.2) is 0 Å². The van der Waals surface area contributed by atoms with Gasteiger partial charge in [-0.05, 0) is 50.6 Å². The first-order valence-corrected chi connectivity index (χ1v) is 7.12. The summed E-state index contributed by atoms with van der Waals surface area (Å²) >= 11 is 3.47. The zero-order valence-electron chi connectivity index (χ0n) is 10.5. The topological polar surface area (TPSA) is 38.3 Å². The first-order valence-electron chi connectivity index (χ1n) is 6.33. The number of rotatable bonds is 3. The lowest BCUT2D eigenvalue weighted by Gasteiger charge is -2.35. The van der Waals surface area contributed by atoms with Gasteiger partial charge in [0.15, 0.2) is 0 Å². The summed E-state index contributed by atoms with van der Waals surface area (Å²) in [7, 11) is 0. The Balaban J connectivity index is 2.38. The van der Waals surface area contributed by atoms with Gasteiger partial charge in [-0.15, -0.1) is 0 Å². The van der Waals surface area contributed by atoms with E-state index in [9.17, 15) is 4.79 Å². The smallest absolute Gasteiger partial charge is 0.316 e. The number of halogens is 1. The van der Waals surface area contributed by atoms with Crippen LogP contribution in [0.25, 0.3) is 0 Å². The molecule has 1 aromatic carbocycles. The van der Waals surface area contributed by atoms with Gasteiger partial charge >= 0.3 is 5.97 Å². The fourth-order valence-corrected chi connectivity index (χ4v) is 2.92. The van der Waals surface area contributed by atoms with Gasteiger partial charge in [0.2, 0.25) is 0 Å². The second-order valence-corrected chi connectivity index (χ2v) is 5.48.